The number of rotatable bonds is 5. The van der Waals surface area contributed by atoms with E-state index in [9.17, 15) is 18.0 Å². The molecule has 0 aliphatic rings. The van der Waals surface area contributed by atoms with E-state index in [1.54, 1.807) is 39.0 Å². The molecular weight excluding hydrogens is 445 g/mol. The van der Waals surface area contributed by atoms with Crippen molar-refractivity contribution in [3.8, 4) is 11.4 Å². The molecule has 1 heterocycles. The number of nitrogens with zero attached hydrogens (tertiary/aromatic N) is 3. The second-order valence-corrected chi connectivity index (χ2v) is 10.1. The molecule has 0 saturated heterocycles. The smallest absolute Gasteiger partial charge is 0.408 e. The van der Waals surface area contributed by atoms with Crippen LogP contribution in [0.3, 0.4) is 0 Å². The van der Waals surface area contributed by atoms with Crippen LogP contribution in [-0.4, -0.2) is 26.5 Å². The second kappa shape index (κ2) is 9.48. The van der Waals surface area contributed by atoms with Crippen LogP contribution in [0.25, 0.3) is 11.4 Å². The molecule has 1 aromatic heterocycles. The summed E-state index contributed by atoms with van der Waals surface area (Å²) in [6, 6.07) is 8.40. The molecular formula is C25H29F3N4O2. The first-order valence-corrected chi connectivity index (χ1v) is 10.9. The highest BCUT2D eigenvalue weighted by molar-refractivity contribution is 5.68. The van der Waals surface area contributed by atoms with Crippen molar-refractivity contribution in [2.24, 2.45) is 5.41 Å². The minimum absolute atomic E-state index is 0.0332. The van der Waals surface area contributed by atoms with Crippen LogP contribution in [0.15, 0.2) is 42.5 Å². The Balaban J connectivity index is 2.13. The van der Waals surface area contributed by atoms with Gasteiger partial charge in [-0.15, -0.1) is 0 Å². The lowest BCUT2D eigenvalue weighted by Crippen LogP contribution is -2.41. The minimum atomic E-state index is -0.744. The Morgan fingerprint density at radius 1 is 1.03 bits per heavy atom. The highest BCUT2D eigenvalue weighted by Gasteiger charge is 2.34. The van der Waals surface area contributed by atoms with Crippen molar-refractivity contribution in [1.29, 1.82) is 0 Å². The van der Waals surface area contributed by atoms with Crippen LogP contribution < -0.4 is 5.32 Å². The van der Waals surface area contributed by atoms with Gasteiger partial charge in [-0.2, -0.15) is 5.10 Å². The van der Waals surface area contributed by atoms with Crippen LogP contribution in [0.4, 0.5) is 18.0 Å². The van der Waals surface area contributed by atoms with Crippen LogP contribution in [0, 0.1) is 22.9 Å². The molecule has 0 bridgehead atoms. The maximum absolute atomic E-state index is 14.5. The number of hydrogen-bond acceptors (Lipinski definition) is 4. The number of hydrogen-bond donors (Lipinski definition) is 1. The maximum atomic E-state index is 14.5. The average Bonchev–Trinajstić information content (AvgIpc) is 3.10. The van der Waals surface area contributed by atoms with Gasteiger partial charge in [-0.25, -0.2) is 27.6 Å². The predicted octanol–water partition coefficient (Wildman–Crippen LogP) is 6.02. The van der Waals surface area contributed by atoms with Crippen LogP contribution in [0.5, 0.6) is 0 Å². The molecule has 9 heteroatoms. The summed E-state index contributed by atoms with van der Waals surface area (Å²) in [5, 5.41) is 7.19. The summed E-state index contributed by atoms with van der Waals surface area (Å²) < 4.78 is 49.6. The first kappa shape index (κ1) is 25.3. The molecule has 2 aromatic carbocycles. The molecule has 0 aliphatic carbocycles. The molecule has 3 aromatic rings. The number of carbonyl (C=O) groups is 1. The molecule has 0 fully saturated rings. The first-order valence-electron chi connectivity index (χ1n) is 10.9. The highest BCUT2D eigenvalue weighted by Crippen LogP contribution is 2.34. The molecule has 1 atom stereocenters. The van der Waals surface area contributed by atoms with E-state index < -0.39 is 40.6 Å². The van der Waals surface area contributed by atoms with E-state index in [-0.39, 0.29) is 23.8 Å². The van der Waals surface area contributed by atoms with Crippen molar-refractivity contribution in [2.45, 2.75) is 59.7 Å². The molecule has 0 radical (unpaired) electrons. The lowest BCUT2D eigenvalue weighted by molar-refractivity contribution is 0.0455. The zero-order valence-corrected chi connectivity index (χ0v) is 20.1. The summed E-state index contributed by atoms with van der Waals surface area (Å²) in [5.41, 5.74) is -1.14. The summed E-state index contributed by atoms with van der Waals surface area (Å²) in [6.45, 7) is 10.8. The Morgan fingerprint density at radius 3 is 2.32 bits per heavy atom. The lowest BCUT2D eigenvalue weighted by atomic mass is 9.86. The van der Waals surface area contributed by atoms with E-state index in [4.69, 9.17) is 4.74 Å². The first-order chi connectivity index (χ1) is 15.7. The summed E-state index contributed by atoms with van der Waals surface area (Å²) in [5.74, 6) is -1.63. The number of ether oxygens (including phenoxy) is 1. The van der Waals surface area contributed by atoms with Gasteiger partial charge in [0.15, 0.2) is 11.6 Å². The number of nitrogens with one attached hydrogen (secondary N) is 1. The third kappa shape index (κ3) is 6.15. The molecule has 34 heavy (non-hydrogen) atoms. The molecule has 0 spiro atoms. The minimum Gasteiger partial charge on any atom is -0.444 e. The third-order valence-electron chi connectivity index (χ3n) is 4.93. The molecule has 3 rings (SSSR count). The van der Waals surface area contributed by atoms with Crippen molar-refractivity contribution >= 4 is 6.09 Å². The van der Waals surface area contributed by atoms with E-state index >= 15 is 0 Å². The van der Waals surface area contributed by atoms with Gasteiger partial charge in [0.2, 0.25) is 0 Å². The number of alkyl carbamates (subject to hydrolysis) is 1. The predicted molar refractivity (Wildman–Crippen MR) is 122 cm³/mol. The summed E-state index contributed by atoms with van der Waals surface area (Å²) in [7, 11) is 0. The zero-order valence-electron chi connectivity index (χ0n) is 20.1. The number of benzene rings is 2. The van der Waals surface area contributed by atoms with Gasteiger partial charge in [0.05, 0.1) is 18.2 Å². The Kier molecular flexibility index (Phi) is 7.05. The van der Waals surface area contributed by atoms with Crippen LogP contribution in [0.2, 0.25) is 0 Å². The number of halogens is 3. The second-order valence-electron chi connectivity index (χ2n) is 10.1. The summed E-state index contributed by atoms with van der Waals surface area (Å²) >= 11 is 0. The maximum Gasteiger partial charge on any atom is 0.408 e. The molecule has 0 unspecified atom stereocenters. The van der Waals surface area contributed by atoms with Crippen LogP contribution in [0.1, 0.15) is 59.0 Å². The quantitative estimate of drug-likeness (QED) is 0.491. The fourth-order valence-electron chi connectivity index (χ4n) is 3.35. The van der Waals surface area contributed by atoms with Crippen molar-refractivity contribution in [3.63, 3.8) is 0 Å². The summed E-state index contributed by atoms with van der Waals surface area (Å²) in [4.78, 5) is 17.1. The SMILES string of the molecule is CC(C)(C)OC(=O)N[C@@H](c1nc(-c2cc(F)ccc2F)nn1Cc1ccccc1F)C(C)(C)C. The monoisotopic (exact) mass is 474 g/mol. The van der Waals surface area contributed by atoms with Gasteiger partial charge >= 0.3 is 6.09 Å². The normalized spacial score (nSPS) is 13.0. The molecule has 0 saturated carbocycles. The molecule has 1 N–H and O–H groups in total. The molecule has 0 aliphatic heterocycles. The number of carbonyl (C=O) groups excluding carboxylic acids is 1. The van der Waals surface area contributed by atoms with Gasteiger partial charge in [-0.1, -0.05) is 39.0 Å². The lowest BCUT2D eigenvalue weighted by Gasteiger charge is -2.31. The number of aromatic nitrogens is 3. The average molecular weight is 475 g/mol. The van der Waals surface area contributed by atoms with Gasteiger partial charge in [0, 0.05) is 5.56 Å². The van der Waals surface area contributed by atoms with E-state index in [1.165, 1.54) is 10.7 Å². The summed E-state index contributed by atoms with van der Waals surface area (Å²) in [6.07, 6.45) is -0.675. The molecule has 6 nitrogen and oxygen atoms in total. The third-order valence-corrected chi connectivity index (χ3v) is 4.93. The van der Waals surface area contributed by atoms with E-state index in [0.717, 1.165) is 18.2 Å². The van der Waals surface area contributed by atoms with Crippen molar-refractivity contribution in [3.05, 3.63) is 71.3 Å². The highest BCUT2D eigenvalue weighted by atomic mass is 19.1. The Bertz CT molecular complexity index is 1180. The van der Waals surface area contributed by atoms with E-state index in [2.05, 4.69) is 15.4 Å². The van der Waals surface area contributed by atoms with Crippen molar-refractivity contribution in [1.82, 2.24) is 20.1 Å². The topological polar surface area (TPSA) is 69.0 Å². The van der Waals surface area contributed by atoms with Crippen molar-refractivity contribution in [2.75, 3.05) is 0 Å². The fourth-order valence-corrected chi connectivity index (χ4v) is 3.35. The van der Waals surface area contributed by atoms with Crippen LogP contribution >= 0.6 is 0 Å². The van der Waals surface area contributed by atoms with Gasteiger partial charge in [0.1, 0.15) is 23.1 Å². The Labute approximate surface area is 197 Å². The van der Waals surface area contributed by atoms with Gasteiger partial charge < -0.3 is 10.1 Å². The van der Waals surface area contributed by atoms with E-state index in [0.29, 0.717) is 5.56 Å². The fraction of sp³-hybridized carbons (Fsp3) is 0.400. The Hall–Kier alpha value is -3.36. The van der Waals surface area contributed by atoms with Gasteiger partial charge in [-0.3, -0.25) is 0 Å². The largest absolute Gasteiger partial charge is 0.444 e. The van der Waals surface area contributed by atoms with E-state index in [1.807, 2.05) is 20.8 Å². The molecule has 182 valence electrons. The standard InChI is InChI=1S/C25H29F3N4O2/c1-24(2,3)20(29-23(33)34-25(4,5)6)22-30-21(17-13-16(26)11-12-19(17)28)31-32(22)14-15-9-7-8-10-18(15)27/h7-13,20H,14H2,1-6H3,(H,29,33)/t20-/m0/s1. The zero-order chi connectivity index (χ0) is 25.3. The molecule has 1 amide bonds. The Morgan fingerprint density at radius 2 is 1.71 bits per heavy atom. The number of amides is 1. The van der Waals surface area contributed by atoms with Gasteiger partial charge in [0.25, 0.3) is 0 Å². The van der Waals surface area contributed by atoms with Crippen LogP contribution in [-0.2, 0) is 11.3 Å². The van der Waals surface area contributed by atoms with Gasteiger partial charge in [-0.05, 0) is 50.5 Å². The van der Waals surface area contributed by atoms with Crippen molar-refractivity contribution < 1.29 is 22.7 Å².